The van der Waals surface area contributed by atoms with Crippen LogP contribution in [0.15, 0.2) is 47.4 Å². The summed E-state index contributed by atoms with van der Waals surface area (Å²) < 4.78 is 26.6. The maximum atomic E-state index is 12.6. The van der Waals surface area contributed by atoms with E-state index in [0.29, 0.717) is 13.1 Å². The highest BCUT2D eigenvalue weighted by molar-refractivity contribution is 7.89. The van der Waals surface area contributed by atoms with Crippen molar-refractivity contribution in [1.82, 2.24) is 15.2 Å². The van der Waals surface area contributed by atoms with E-state index in [2.05, 4.69) is 10.9 Å². The predicted octanol–water partition coefficient (Wildman–Crippen LogP) is 2.32. The molecule has 2 aromatic rings. The highest BCUT2D eigenvalue weighted by atomic mass is 32.2. The molecule has 7 nitrogen and oxygen atoms in total. The number of rotatable bonds is 5. The number of aryl methyl sites for hydroxylation is 1. The largest absolute Gasteiger partial charge is 0.269 e. The second-order valence-electron chi connectivity index (χ2n) is 6.36. The quantitative estimate of drug-likeness (QED) is 0.574. The number of sulfonamides is 1. The maximum Gasteiger partial charge on any atom is 0.269 e. The van der Waals surface area contributed by atoms with Crippen LogP contribution in [0.2, 0.25) is 0 Å². The fourth-order valence-corrected chi connectivity index (χ4v) is 5.15. The van der Waals surface area contributed by atoms with E-state index in [9.17, 15) is 18.0 Å². The van der Waals surface area contributed by atoms with Crippen LogP contribution in [0.5, 0.6) is 0 Å². The van der Waals surface area contributed by atoms with Gasteiger partial charge in [0.2, 0.25) is 10.0 Å². The van der Waals surface area contributed by atoms with Crippen molar-refractivity contribution in [3.05, 3.63) is 57.8 Å². The summed E-state index contributed by atoms with van der Waals surface area (Å²) >= 11 is 1.55. The summed E-state index contributed by atoms with van der Waals surface area (Å²) in [6.45, 7) is 2.95. The Morgan fingerprint density at radius 2 is 1.86 bits per heavy atom. The van der Waals surface area contributed by atoms with Gasteiger partial charge in [0.15, 0.2) is 0 Å². The molecular formula is C19H21N3O4S2. The molecule has 1 aliphatic rings. The first-order valence-corrected chi connectivity index (χ1v) is 11.1. The van der Waals surface area contributed by atoms with Crippen LogP contribution >= 0.6 is 11.3 Å². The molecule has 1 aromatic carbocycles. The molecule has 0 unspecified atom stereocenters. The number of thiophene rings is 1. The monoisotopic (exact) mass is 419 g/mol. The number of nitrogens with one attached hydrogen (secondary N) is 2. The Morgan fingerprint density at radius 1 is 1.11 bits per heavy atom. The van der Waals surface area contributed by atoms with Gasteiger partial charge in [0, 0.05) is 34.5 Å². The smallest absolute Gasteiger partial charge is 0.268 e. The molecule has 9 heteroatoms. The summed E-state index contributed by atoms with van der Waals surface area (Å²) in [6.07, 6.45) is 4.65. The van der Waals surface area contributed by atoms with Crippen molar-refractivity contribution in [2.75, 3.05) is 13.1 Å². The van der Waals surface area contributed by atoms with Crippen molar-refractivity contribution in [3.8, 4) is 0 Å². The van der Waals surface area contributed by atoms with E-state index in [1.165, 1.54) is 34.6 Å². The average molecular weight is 420 g/mol. The van der Waals surface area contributed by atoms with Crippen molar-refractivity contribution < 1.29 is 18.0 Å². The molecule has 2 N–H and O–H groups in total. The normalized spacial score (nSPS) is 15.0. The third-order valence-corrected chi connectivity index (χ3v) is 7.12. The van der Waals surface area contributed by atoms with Gasteiger partial charge in [-0.1, -0.05) is 6.07 Å². The Bertz CT molecular complexity index is 1010. The lowest BCUT2D eigenvalue weighted by Crippen LogP contribution is -2.40. The van der Waals surface area contributed by atoms with Crippen molar-refractivity contribution in [1.29, 1.82) is 0 Å². The fraction of sp³-hybridized carbons (Fsp3) is 0.263. The molecule has 0 radical (unpaired) electrons. The summed E-state index contributed by atoms with van der Waals surface area (Å²) in [7, 11) is -3.61. The standard InChI is InChI=1S/C19H21N3O4S2/c1-14-7-8-16(27-14)9-10-18(23)20-21-19(24)15-5-4-6-17(13-15)28(25,26)22-11-2-3-12-22/h4-10,13H,2-3,11-12H2,1H3,(H,20,23)(H,21,24)/b10-9+. The number of hydrazine groups is 1. The molecule has 1 fully saturated rings. The second kappa shape index (κ2) is 8.68. The van der Waals surface area contributed by atoms with Crippen LogP contribution in [0.4, 0.5) is 0 Å². The summed E-state index contributed by atoms with van der Waals surface area (Å²) in [6, 6.07) is 9.64. The molecule has 1 aromatic heterocycles. The van der Waals surface area contributed by atoms with Gasteiger partial charge < -0.3 is 0 Å². The number of carbonyl (C=O) groups excluding carboxylic acids is 2. The Kier molecular flexibility index (Phi) is 6.28. The summed E-state index contributed by atoms with van der Waals surface area (Å²) in [4.78, 5) is 26.3. The Hall–Kier alpha value is -2.49. The van der Waals surface area contributed by atoms with Crippen LogP contribution in [0.1, 0.15) is 33.0 Å². The van der Waals surface area contributed by atoms with Gasteiger partial charge in [-0.05, 0) is 56.2 Å². The van der Waals surface area contributed by atoms with Gasteiger partial charge in [-0.15, -0.1) is 11.3 Å². The molecule has 0 aliphatic carbocycles. The SMILES string of the molecule is Cc1ccc(/C=C/C(=O)NNC(=O)c2cccc(S(=O)(=O)N3CCCC3)c2)s1. The minimum atomic E-state index is -3.61. The summed E-state index contributed by atoms with van der Waals surface area (Å²) in [5.74, 6) is -1.08. The first-order valence-electron chi connectivity index (χ1n) is 8.81. The van der Waals surface area contributed by atoms with Crippen molar-refractivity contribution in [3.63, 3.8) is 0 Å². The lowest BCUT2D eigenvalue weighted by molar-refractivity contribution is -0.117. The number of carbonyl (C=O) groups is 2. The van der Waals surface area contributed by atoms with E-state index in [4.69, 9.17) is 0 Å². The topological polar surface area (TPSA) is 95.6 Å². The number of nitrogens with zero attached hydrogens (tertiary/aromatic N) is 1. The van der Waals surface area contributed by atoms with Gasteiger partial charge in [-0.2, -0.15) is 4.31 Å². The lowest BCUT2D eigenvalue weighted by Gasteiger charge is -2.16. The molecule has 0 atom stereocenters. The number of hydrogen-bond donors (Lipinski definition) is 2. The first kappa shape index (κ1) is 20.2. The van der Waals surface area contributed by atoms with Gasteiger partial charge in [0.25, 0.3) is 11.8 Å². The highest BCUT2D eigenvalue weighted by Crippen LogP contribution is 2.21. The Morgan fingerprint density at radius 3 is 2.54 bits per heavy atom. The molecule has 1 aliphatic heterocycles. The van der Waals surface area contributed by atoms with Gasteiger partial charge in [-0.3, -0.25) is 20.4 Å². The average Bonchev–Trinajstić information content (AvgIpc) is 3.36. The maximum absolute atomic E-state index is 12.6. The van der Waals surface area contributed by atoms with E-state index in [-0.39, 0.29) is 10.5 Å². The molecule has 2 heterocycles. The molecule has 2 amide bonds. The highest BCUT2D eigenvalue weighted by Gasteiger charge is 2.27. The third kappa shape index (κ3) is 4.86. The molecular weight excluding hydrogens is 398 g/mol. The van der Waals surface area contributed by atoms with Gasteiger partial charge in [0.1, 0.15) is 0 Å². The lowest BCUT2D eigenvalue weighted by atomic mass is 10.2. The summed E-state index contributed by atoms with van der Waals surface area (Å²) in [5.41, 5.74) is 4.74. The number of benzene rings is 1. The zero-order chi connectivity index (χ0) is 20.1. The zero-order valence-corrected chi connectivity index (χ0v) is 17.0. The minimum absolute atomic E-state index is 0.0707. The molecule has 1 saturated heterocycles. The Balaban J connectivity index is 1.61. The minimum Gasteiger partial charge on any atom is -0.268 e. The Labute approximate surface area is 168 Å². The molecule has 28 heavy (non-hydrogen) atoms. The van der Waals surface area contributed by atoms with Crippen molar-refractivity contribution >= 4 is 39.3 Å². The predicted molar refractivity (Wildman–Crippen MR) is 108 cm³/mol. The van der Waals surface area contributed by atoms with Gasteiger partial charge >= 0.3 is 0 Å². The van der Waals surface area contributed by atoms with E-state index in [1.807, 2.05) is 19.1 Å². The fourth-order valence-electron chi connectivity index (χ4n) is 2.81. The van der Waals surface area contributed by atoms with Gasteiger partial charge in [-0.25, -0.2) is 8.42 Å². The molecule has 0 bridgehead atoms. The third-order valence-electron chi connectivity index (χ3n) is 4.26. The van der Waals surface area contributed by atoms with Crippen LogP contribution < -0.4 is 10.9 Å². The number of amides is 2. The van der Waals surface area contributed by atoms with Crippen LogP contribution in [0.25, 0.3) is 6.08 Å². The zero-order valence-electron chi connectivity index (χ0n) is 15.3. The van der Waals surface area contributed by atoms with E-state index >= 15 is 0 Å². The van der Waals surface area contributed by atoms with Crippen LogP contribution in [-0.4, -0.2) is 37.6 Å². The van der Waals surface area contributed by atoms with Gasteiger partial charge in [0.05, 0.1) is 4.90 Å². The molecule has 0 saturated carbocycles. The first-order chi connectivity index (χ1) is 13.4. The summed E-state index contributed by atoms with van der Waals surface area (Å²) in [5, 5.41) is 0. The molecule has 0 spiro atoms. The van der Waals surface area contributed by atoms with Crippen LogP contribution in [-0.2, 0) is 14.8 Å². The number of hydrogen-bond acceptors (Lipinski definition) is 5. The van der Waals surface area contributed by atoms with Crippen LogP contribution in [0, 0.1) is 6.92 Å². The molecule has 3 rings (SSSR count). The van der Waals surface area contributed by atoms with E-state index < -0.39 is 21.8 Å². The van der Waals surface area contributed by atoms with Crippen molar-refractivity contribution in [2.24, 2.45) is 0 Å². The van der Waals surface area contributed by atoms with Crippen LogP contribution in [0.3, 0.4) is 0 Å². The van der Waals surface area contributed by atoms with Crippen molar-refractivity contribution in [2.45, 2.75) is 24.7 Å². The van der Waals surface area contributed by atoms with E-state index in [1.54, 1.807) is 17.4 Å². The second-order valence-corrected chi connectivity index (χ2v) is 9.62. The van der Waals surface area contributed by atoms with E-state index in [0.717, 1.165) is 22.6 Å². The molecule has 148 valence electrons.